The van der Waals surface area contributed by atoms with E-state index >= 15 is 0 Å². The molecule has 4 heteroatoms. The van der Waals surface area contributed by atoms with Gasteiger partial charge in [0.05, 0.1) is 0 Å². The third kappa shape index (κ3) is 3.86. The number of benzene rings is 3. The minimum atomic E-state index is -0.117. The van der Waals surface area contributed by atoms with Crippen LogP contribution < -0.4 is 10.2 Å². The van der Waals surface area contributed by atoms with Crippen LogP contribution in [0.4, 0.5) is 11.4 Å². The van der Waals surface area contributed by atoms with E-state index in [4.69, 9.17) is 0 Å². The van der Waals surface area contributed by atoms with Crippen LogP contribution in [0, 0.1) is 6.92 Å². The number of aryl methyl sites for hydroxylation is 3. The van der Waals surface area contributed by atoms with Crippen molar-refractivity contribution in [3.63, 3.8) is 0 Å². The Balaban J connectivity index is 1.60. The predicted octanol–water partition coefficient (Wildman–Crippen LogP) is 5.40. The van der Waals surface area contributed by atoms with Crippen LogP contribution in [0.1, 0.15) is 50.8 Å². The van der Waals surface area contributed by atoms with Crippen molar-refractivity contribution in [1.82, 2.24) is 0 Å². The molecule has 1 heterocycles. The van der Waals surface area contributed by atoms with E-state index < -0.39 is 0 Å². The Hall–Kier alpha value is -3.40. The molecule has 1 aliphatic rings. The minimum absolute atomic E-state index is 0.00116. The summed E-state index contributed by atoms with van der Waals surface area (Å²) in [5, 5.41) is 3.09. The molecule has 0 atom stereocenters. The lowest BCUT2D eigenvalue weighted by molar-refractivity contribution is 0.0984. The first-order chi connectivity index (χ1) is 14.6. The molecule has 1 N–H and O–H groups in total. The fourth-order valence-electron chi connectivity index (χ4n) is 4.07. The number of fused-ring (bicyclic) bond motifs is 1. The van der Waals surface area contributed by atoms with Gasteiger partial charge >= 0.3 is 0 Å². The Morgan fingerprint density at radius 1 is 0.967 bits per heavy atom. The molecule has 30 heavy (non-hydrogen) atoms. The molecule has 4 nitrogen and oxygen atoms in total. The van der Waals surface area contributed by atoms with Crippen molar-refractivity contribution >= 4 is 23.2 Å². The van der Waals surface area contributed by atoms with Crippen molar-refractivity contribution in [2.45, 2.75) is 33.1 Å². The van der Waals surface area contributed by atoms with Crippen LogP contribution in [0.15, 0.2) is 66.7 Å². The van der Waals surface area contributed by atoms with E-state index in [9.17, 15) is 9.59 Å². The molecule has 4 rings (SSSR count). The molecule has 0 bridgehead atoms. The van der Waals surface area contributed by atoms with Gasteiger partial charge in [0, 0.05) is 29.0 Å². The van der Waals surface area contributed by atoms with E-state index in [1.54, 1.807) is 0 Å². The number of carbonyl (C=O) groups is 2. The SMILES string of the molecule is CCc1cccc(C)c1NC(=O)c1ccc2c(c1)CCCN2C(=O)c1ccccc1. The van der Waals surface area contributed by atoms with Crippen molar-refractivity contribution in [3.05, 3.63) is 94.5 Å². The van der Waals surface area contributed by atoms with E-state index in [1.165, 1.54) is 0 Å². The standard InChI is InChI=1S/C26H26N2O2/c1-3-19-12-7-9-18(2)24(19)27-25(29)22-14-15-23-21(17-22)13-8-16-28(23)26(30)20-10-5-4-6-11-20/h4-7,9-12,14-15,17H,3,8,13,16H2,1-2H3,(H,27,29). The molecule has 3 aromatic rings. The van der Waals surface area contributed by atoms with Crippen molar-refractivity contribution in [2.75, 3.05) is 16.8 Å². The van der Waals surface area contributed by atoms with Gasteiger partial charge in [-0.25, -0.2) is 0 Å². The molecule has 0 fully saturated rings. The average molecular weight is 399 g/mol. The maximum atomic E-state index is 13.0. The fourth-order valence-corrected chi connectivity index (χ4v) is 4.07. The highest BCUT2D eigenvalue weighted by Crippen LogP contribution is 2.30. The maximum Gasteiger partial charge on any atom is 0.258 e. The van der Waals surface area contributed by atoms with E-state index in [1.807, 2.05) is 78.6 Å². The third-order valence-electron chi connectivity index (χ3n) is 5.70. The Labute approximate surface area is 177 Å². The molecular formula is C26H26N2O2. The van der Waals surface area contributed by atoms with Crippen LogP contribution >= 0.6 is 0 Å². The van der Waals surface area contributed by atoms with Gasteiger partial charge in [-0.15, -0.1) is 0 Å². The number of rotatable bonds is 4. The Morgan fingerprint density at radius 3 is 2.53 bits per heavy atom. The summed E-state index contributed by atoms with van der Waals surface area (Å²) in [6.45, 7) is 4.78. The molecule has 3 aromatic carbocycles. The molecular weight excluding hydrogens is 372 g/mol. The predicted molar refractivity (Wildman–Crippen MR) is 121 cm³/mol. The Bertz CT molecular complexity index is 1090. The number of nitrogens with zero attached hydrogens (tertiary/aromatic N) is 1. The van der Waals surface area contributed by atoms with Crippen LogP contribution in [-0.4, -0.2) is 18.4 Å². The van der Waals surface area contributed by atoms with Crippen LogP contribution in [0.25, 0.3) is 0 Å². The molecule has 1 aliphatic heterocycles. The van der Waals surface area contributed by atoms with E-state index in [0.717, 1.165) is 47.3 Å². The summed E-state index contributed by atoms with van der Waals surface area (Å²) in [5.74, 6) is -0.116. The fraction of sp³-hybridized carbons (Fsp3) is 0.231. The summed E-state index contributed by atoms with van der Waals surface area (Å²) >= 11 is 0. The van der Waals surface area contributed by atoms with Crippen LogP contribution in [-0.2, 0) is 12.8 Å². The second-order valence-corrected chi connectivity index (χ2v) is 7.69. The summed E-state index contributed by atoms with van der Waals surface area (Å²) in [6, 6.07) is 21.1. The van der Waals surface area contributed by atoms with E-state index in [2.05, 4.69) is 12.2 Å². The van der Waals surface area contributed by atoms with Crippen molar-refractivity contribution in [3.8, 4) is 0 Å². The lowest BCUT2D eigenvalue weighted by atomic mass is 9.97. The topological polar surface area (TPSA) is 49.4 Å². The summed E-state index contributed by atoms with van der Waals surface area (Å²) in [6.07, 6.45) is 2.60. The number of nitrogens with one attached hydrogen (secondary N) is 1. The number of carbonyl (C=O) groups excluding carboxylic acids is 2. The third-order valence-corrected chi connectivity index (χ3v) is 5.70. The van der Waals surface area contributed by atoms with Crippen LogP contribution in [0.3, 0.4) is 0 Å². The highest BCUT2D eigenvalue weighted by molar-refractivity contribution is 6.08. The smallest absolute Gasteiger partial charge is 0.258 e. The zero-order valence-electron chi connectivity index (χ0n) is 17.4. The van der Waals surface area contributed by atoms with E-state index in [-0.39, 0.29) is 11.8 Å². The first-order valence-electron chi connectivity index (χ1n) is 10.5. The summed E-state index contributed by atoms with van der Waals surface area (Å²) in [7, 11) is 0. The largest absolute Gasteiger partial charge is 0.321 e. The maximum absolute atomic E-state index is 13.0. The lowest BCUT2D eigenvalue weighted by Crippen LogP contribution is -2.35. The first kappa shape index (κ1) is 19.9. The molecule has 0 unspecified atom stereocenters. The minimum Gasteiger partial charge on any atom is -0.321 e. The lowest BCUT2D eigenvalue weighted by Gasteiger charge is -2.30. The highest BCUT2D eigenvalue weighted by atomic mass is 16.2. The molecule has 152 valence electrons. The zero-order valence-corrected chi connectivity index (χ0v) is 17.4. The van der Waals surface area contributed by atoms with Crippen molar-refractivity contribution in [2.24, 2.45) is 0 Å². The van der Waals surface area contributed by atoms with Gasteiger partial charge in [0.1, 0.15) is 0 Å². The Morgan fingerprint density at radius 2 is 1.77 bits per heavy atom. The summed E-state index contributed by atoms with van der Waals surface area (Å²) in [4.78, 5) is 27.8. The van der Waals surface area contributed by atoms with Gasteiger partial charge in [-0.05, 0) is 73.2 Å². The number of hydrogen-bond donors (Lipinski definition) is 1. The van der Waals surface area contributed by atoms with Gasteiger partial charge in [-0.1, -0.05) is 43.3 Å². The first-order valence-corrected chi connectivity index (χ1v) is 10.5. The van der Waals surface area contributed by atoms with Gasteiger partial charge < -0.3 is 10.2 Å². The summed E-state index contributed by atoms with van der Waals surface area (Å²) < 4.78 is 0. The van der Waals surface area contributed by atoms with Gasteiger partial charge in [-0.2, -0.15) is 0 Å². The average Bonchev–Trinajstić information content (AvgIpc) is 2.79. The molecule has 0 radical (unpaired) electrons. The van der Waals surface area contributed by atoms with Crippen LogP contribution in [0.2, 0.25) is 0 Å². The summed E-state index contributed by atoms with van der Waals surface area (Å²) in [5.41, 5.74) is 6.31. The van der Waals surface area contributed by atoms with Crippen molar-refractivity contribution in [1.29, 1.82) is 0 Å². The van der Waals surface area contributed by atoms with E-state index in [0.29, 0.717) is 17.7 Å². The monoisotopic (exact) mass is 398 g/mol. The second-order valence-electron chi connectivity index (χ2n) is 7.69. The van der Waals surface area contributed by atoms with Gasteiger partial charge in [0.25, 0.3) is 11.8 Å². The molecule has 2 amide bonds. The number of anilines is 2. The molecule has 0 saturated carbocycles. The van der Waals surface area contributed by atoms with Gasteiger partial charge in [-0.3, -0.25) is 9.59 Å². The molecule has 0 aromatic heterocycles. The van der Waals surface area contributed by atoms with Crippen LogP contribution in [0.5, 0.6) is 0 Å². The Kier molecular flexibility index (Phi) is 5.66. The van der Waals surface area contributed by atoms with Crippen molar-refractivity contribution < 1.29 is 9.59 Å². The normalized spacial score (nSPS) is 12.9. The van der Waals surface area contributed by atoms with Gasteiger partial charge in [0.15, 0.2) is 0 Å². The quantitative estimate of drug-likeness (QED) is 0.639. The number of amides is 2. The molecule has 0 aliphatic carbocycles. The molecule has 0 saturated heterocycles. The number of para-hydroxylation sites is 1. The number of hydrogen-bond acceptors (Lipinski definition) is 2. The second kappa shape index (κ2) is 8.54. The molecule has 0 spiro atoms. The van der Waals surface area contributed by atoms with Gasteiger partial charge in [0.2, 0.25) is 0 Å². The highest BCUT2D eigenvalue weighted by Gasteiger charge is 2.24. The zero-order chi connectivity index (χ0) is 21.1.